The van der Waals surface area contributed by atoms with E-state index in [-0.39, 0.29) is 11.5 Å². The topological polar surface area (TPSA) is 29.1 Å². The number of hydrogen-bond acceptors (Lipinski definition) is 2. The van der Waals surface area contributed by atoms with Gasteiger partial charge in [-0.2, -0.15) is 0 Å². The summed E-state index contributed by atoms with van der Waals surface area (Å²) in [7, 11) is 0. The SMILES string of the molecule is CC(=O)c1ccc(F)c(Nc2cccc(Cl)c2)c1. The van der Waals surface area contributed by atoms with E-state index in [0.717, 1.165) is 0 Å². The molecule has 2 rings (SSSR count). The van der Waals surface area contributed by atoms with Crippen LogP contribution in [0, 0.1) is 5.82 Å². The number of carbonyl (C=O) groups is 1. The second-order valence-corrected chi connectivity index (χ2v) is 4.32. The van der Waals surface area contributed by atoms with Gasteiger partial charge < -0.3 is 5.32 Å². The predicted molar refractivity (Wildman–Crippen MR) is 71.1 cm³/mol. The highest BCUT2D eigenvalue weighted by Gasteiger charge is 2.06. The summed E-state index contributed by atoms with van der Waals surface area (Å²) >= 11 is 5.84. The summed E-state index contributed by atoms with van der Waals surface area (Å²) in [5, 5.41) is 3.46. The van der Waals surface area contributed by atoms with Crippen LogP contribution in [0.2, 0.25) is 5.02 Å². The molecule has 0 aromatic heterocycles. The first-order chi connectivity index (χ1) is 8.56. The lowest BCUT2D eigenvalue weighted by Crippen LogP contribution is -1.98. The van der Waals surface area contributed by atoms with Crippen LogP contribution in [0.4, 0.5) is 15.8 Å². The van der Waals surface area contributed by atoms with E-state index >= 15 is 0 Å². The predicted octanol–water partition coefficient (Wildman–Crippen LogP) is 4.43. The van der Waals surface area contributed by atoms with E-state index in [1.54, 1.807) is 24.3 Å². The van der Waals surface area contributed by atoms with E-state index in [2.05, 4.69) is 5.32 Å². The largest absolute Gasteiger partial charge is 0.353 e. The van der Waals surface area contributed by atoms with Crippen molar-refractivity contribution in [2.45, 2.75) is 6.92 Å². The van der Waals surface area contributed by atoms with Gasteiger partial charge >= 0.3 is 0 Å². The van der Waals surface area contributed by atoms with Crippen LogP contribution in [0.25, 0.3) is 0 Å². The summed E-state index contributed by atoms with van der Waals surface area (Å²) in [5.41, 5.74) is 1.38. The van der Waals surface area contributed by atoms with Crippen LogP contribution in [-0.4, -0.2) is 5.78 Å². The lowest BCUT2D eigenvalue weighted by Gasteiger charge is -2.09. The summed E-state index contributed by atoms with van der Waals surface area (Å²) in [6.45, 7) is 1.44. The maximum Gasteiger partial charge on any atom is 0.159 e. The third-order valence-electron chi connectivity index (χ3n) is 2.48. The number of hydrogen-bond donors (Lipinski definition) is 1. The minimum Gasteiger partial charge on any atom is -0.353 e. The highest BCUT2D eigenvalue weighted by atomic mass is 35.5. The van der Waals surface area contributed by atoms with Gasteiger partial charge in [-0.3, -0.25) is 4.79 Å². The van der Waals surface area contributed by atoms with Crippen LogP contribution < -0.4 is 5.32 Å². The van der Waals surface area contributed by atoms with Crippen LogP contribution in [-0.2, 0) is 0 Å². The van der Waals surface area contributed by atoms with Gasteiger partial charge in [-0.25, -0.2) is 4.39 Å². The summed E-state index contributed by atoms with van der Waals surface area (Å²) < 4.78 is 13.6. The molecule has 0 radical (unpaired) electrons. The van der Waals surface area contributed by atoms with Crippen LogP contribution in [0.15, 0.2) is 42.5 Å². The van der Waals surface area contributed by atoms with Crippen molar-refractivity contribution in [1.29, 1.82) is 0 Å². The third kappa shape index (κ3) is 2.87. The molecule has 2 nitrogen and oxygen atoms in total. The van der Waals surface area contributed by atoms with E-state index in [0.29, 0.717) is 16.3 Å². The lowest BCUT2D eigenvalue weighted by molar-refractivity contribution is 0.101. The quantitative estimate of drug-likeness (QED) is 0.830. The van der Waals surface area contributed by atoms with Gasteiger partial charge in [-0.15, -0.1) is 0 Å². The monoisotopic (exact) mass is 263 g/mol. The van der Waals surface area contributed by atoms with Crippen LogP contribution >= 0.6 is 11.6 Å². The average Bonchev–Trinajstić information content (AvgIpc) is 2.31. The van der Waals surface area contributed by atoms with Crippen LogP contribution in [0.5, 0.6) is 0 Å². The zero-order valence-corrected chi connectivity index (χ0v) is 10.5. The molecule has 0 amide bonds. The molecular weight excluding hydrogens is 253 g/mol. The molecule has 0 unspecified atom stereocenters. The number of nitrogens with one attached hydrogen (secondary N) is 1. The summed E-state index contributed by atoms with van der Waals surface area (Å²) in [5.74, 6) is -0.524. The minimum atomic E-state index is -0.417. The third-order valence-corrected chi connectivity index (χ3v) is 2.71. The van der Waals surface area contributed by atoms with Gasteiger partial charge in [0.15, 0.2) is 5.78 Å². The maximum atomic E-state index is 13.6. The summed E-state index contributed by atoms with van der Waals surface area (Å²) in [4.78, 5) is 11.2. The second-order valence-electron chi connectivity index (χ2n) is 3.89. The Bertz CT molecular complexity index is 598. The molecule has 0 heterocycles. The van der Waals surface area contributed by atoms with Crippen LogP contribution in [0.1, 0.15) is 17.3 Å². The van der Waals surface area contributed by atoms with Gasteiger partial charge in [-0.1, -0.05) is 17.7 Å². The molecule has 2 aromatic carbocycles. The molecule has 0 aliphatic carbocycles. The normalized spacial score (nSPS) is 10.2. The van der Waals surface area contributed by atoms with Crippen molar-refractivity contribution >= 4 is 28.8 Å². The number of halogens is 2. The van der Waals surface area contributed by atoms with Crippen molar-refractivity contribution < 1.29 is 9.18 Å². The molecule has 18 heavy (non-hydrogen) atoms. The molecule has 4 heteroatoms. The second kappa shape index (κ2) is 5.19. The Labute approximate surface area is 109 Å². The highest BCUT2D eigenvalue weighted by Crippen LogP contribution is 2.23. The molecular formula is C14H11ClFNO. The molecule has 1 N–H and O–H groups in total. The zero-order chi connectivity index (χ0) is 13.1. The Balaban J connectivity index is 2.33. The molecule has 0 spiro atoms. The number of carbonyl (C=O) groups excluding carboxylic acids is 1. The molecule has 92 valence electrons. The molecule has 0 bridgehead atoms. The molecule has 0 fully saturated rings. The highest BCUT2D eigenvalue weighted by molar-refractivity contribution is 6.30. The fourth-order valence-corrected chi connectivity index (χ4v) is 1.75. The number of anilines is 2. The molecule has 2 aromatic rings. The van der Waals surface area contributed by atoms with Crippen molar-refractivity contribution in [3.8, 4) is 0 Å². The van der Waals surface area contributed by atoms with E-state index in [1.165, 1.54) is 25.1 Å². The summed E-state index contributed by atoms with van der Waals surface area (Å²) in [6, 6.07) is 11.2. The first kappa shape index (κ1) is 12.6. The first-order valence-electron chi connectivity index (χ1n) is 5.39. The summed E-state index contributed by atoms with van der Waals surface area (Å²) in [6.07, 6.45) is 0. The van der Waals surface area contributed by atoms with Crippen LogP contribution in [0.3, 0.4) is 0 Å². The Hall–Kier alpha value is -1.87. The van der Waals surface area contributed by atoms with Gasteiger partial charge in [0.1, 0.15) is 5.82 Å². The molecule has 0 saturated heterocycles. The van der Waals surface area contributed by atoms with Crippen molar-refractivity contribution in [3.05, 3.63) is 58.9 Å². The average molecular weight is 264 g/mol. The fraction of sp³-hybridized carbons (Fsp3) is 0.0714. The zero-order valence-electron chi connectivity index (χ0n) is 9.71. The molecule has 0 aliphatic heterocycles. The molecule has 0 saturated carbocycles. The Morgan fingerprint density at radius 1 is 1.22 bits per heavy atom. The van der Waals surface area contributed by atoms with Crippen molar-refractivity contribution in [1.82, 2.24) is 0 Å². The van der Waals surface area contributed by atoms with Crippen molar-refractivity contribution in [3.63, 3.8) is 0 Å². The fourth-order valence-electron chi connectivity index (χ4n) is 1.56. The number of rotatable bonds is 3. The van der Waals surface area contributed by atoms with Gasteiger partial charge in [0, 0.05) is 16.3 Å². The minimum absolute atomic E-state index is 0.107. The Kier molecular flexibility index (Phi) is 3.63. The van der Waals surface area contributed by atoms with Gasteiger partial charge in [0.05, 0.1) is 5.69 Å². The lowest BCUT2D eigenvalue weighted by atomic mass is 10.1. The van der Waals surface area contributed by atoms with E-state index in [9.17, 15) is 9.18 Å². The standard InChI is InChI=1S/C14H11ClFNO/c1-9(18)10-5-6-13(16)14(7-10)17-12-4-2-3-11(15)8-12/h2-8,17H,1H3. The van der Waals surface area contributed by atoms with Gasteiger partial charge in [-0.05, 0) is 43.3 Å². The maximum absolute atomic E-state index is 13.6. The Morgan fingerprint density at radius 2 is 2.00 bits per heavy atom. The molecule has 0 atom stereocenters. The number of Topliss-reactive ketones (excluding diaryl/α,β-unsaturated/α-hetero) is 1. The molecule has 0 aliphatic rings. The van der Waals surface area contributed by atoms with Gasteiger partial charge in [0.25, 0.3) is 0 Å². The first-order valence-corrected chi connectivity index (χ1v) is 5.77. The van der Waals surface area contributed by atoms with Crippen molar-refractivity contribution in [2.24, 2.45) is 0 Å². The van der Waals surface area contributed by atoms with E-state index < -0.39 is 5.82 Å². The van der Waals surface area contributed by atoms with E-state index in [4.69, 9.17) is 11.6 Å². The number of benzene rings is 2. The smallest absolute Gasteiger partial charge is 0.159 e. The van der Waals surface area contributed by atoms with Gasteiger partial charge in [0.2, 0.25) is 0 Å². The Morgan fingerprint density at radius 3 is 2.67 bits per heavy atom. The van der Waals surface area contributed by atoms with E-state index in [1.807, 2.05) is 0 Å². The van der Waals surface area contributed by atoms with Crippen molar-refractivity contribution in [2.75, 3.05) is 5.32 Å². The number of ketones is 1.